The Balaban J connectivity index is 2.42. The average Bonchev–Trinajstić information content (AvgIpc) is 2.76. The van der Waals surface area contributed by atoms with E-state index in [1.165, 1.54) is 10.2 Å². The lowest BCUT2D eigenvalue weighted by Gasteiger charge is -2.00. The summed E-state index contributed by atoms with van der Waals surface area (Å²) in [6, 6.07) is 8.36. The molecule has 0 spiro atoms. The average molecular weight is 232 g/mol. The van der Waals surface area contributed by atoms with E-state index in [-0.39, 0.29) is 0 Å². The van der Waals surface area contributed by atoms with Gasteiger partial charge in [-0.2, -0.15) is 0 Å². The molecule has 0 atom stereocenters. The molecule has 0 radical (unpaired) electrons. The lowest BCUT2D eigenvalue weighted by Crippen LogP contribution is -1.95. The van der Waals surface area contributed by atoms with Crippen molar-refractivity contribution in [2.75, 3.05) is 7.11 Å². The van der Waals surface area contributed by atoms with Crippen LogP contribution in [0, 0.1) is 6.92 Å². The smallest absolute Gasteiger partial charge is 0.195 e. The standard InChI is InChI=1S/C12H12N2OS/c1-8-10(7-15-2)14-9-5-3-4-6-11(9)16-12(14)13-8/h3-6H,7H2,1-2H3. The molecule has 0 bridgehead atoms. The van der Waals surface area contributed by atoms with E-state index >= 15 is 0 Å². The van der Waals surface area contributed by atoms with Gasteiger partial charge in [-0.15, -0.1) is 0 Å². The van der Waals surface area contributed by atoms with Gasteiger partial charge in [0.1, 0.15) is 0 Å². The van der Waals surface area contributed by atoms with Crippen molar-refractivity contribution in [3.63, 3.8) is 0 Å². The van der Waals surface area contributed by atoms with E-state index in [0.717, 1.165) is 16.3 Å². The third-order valence-electron chi connectivity index (χ3n) is 2.73. The van der Waals surface area contributed by atoms with Crippen LogP contribution in [0.15, 0.2) is 24.3 Å². The number of methoxy groups -OCH3 is 1. The SMILES string of the molecule is COCc1c(C)nc2sc3ccccc3n12. The van der Waals surface area contributed by atoms with Crippen molar-refractivity contribution in [1.29, 1.82) is 0 Å². The molecule has 4 heteroatoms. The van der Waals surface area contributed by atoms with Crippen molar-refractivity contribution in [2.24, 2.45) is 0 Å². The molecule has 3 nitrogen and oxygen atoms in total. The molecule has 3 aromatic rings. The van der Waals surface area contributed by atoms with E-state index in [1.807, 2.05) is 6.92 Å². The maximum absolute atomic E-state index is 5.24. The molecular formula is C12H12N2OS. The minimum atomic E-state index is 0.605. The summed E-state index contributed by atoms with van der Waals surface area (Å²) in [6.07, 6.45) is 0. The summed E-state index contributed by atoms with van der Waals surface area (Å²) in [6.45, 7) is 2.64. The Morgan fingerprint density at radius 1 is 1.38 bits per heavy atom. The van der Waals surface area contributed by atoms with E-state index in [4.69, 9.17) is 4.74 Å². The summed E-state index contributed by atoms with van der Waals surface area (Å²) < 4.78 is 8.70. The first-order valence-electron chi connectivity index (χ1n) is 5.15. The minimum absolute atomic E-state index is 0.605. The third kappa shape index (κ3) is 1.27. The zero-order chi connectivity index (χ0) is 11.1. The van der Waals surface area contributed by atoms with Crippen LogP contribution >= 0.6 is 11.3 Å². The third-order valence-corrected chi connectivity index (χ3v) is 3.75. The first-order chi connectivity index (χ1) is 7.81. The number of ether oxygens (including phenoxy) is 1. The Kier molecular flexibility index (Phi) is 2.19. The maximum atomic E-state index is 5.24. The van der Waals surface area contributed by atoms with Crippen LogP contribution in [0.4, 0.5) is 0 Å². The molecule has 0 unspecified atom stereocenters. The van der Waals surface area contributed by atoms with Crippen molar-refractivity contribution < 1.29 is 4.74 Å². The molecule has 0 saturated heterocycles. The molecule has 0 saturated carbocycles. The molecule has 82 valence electrons. The maximum Gasteiger partial charge on any atom is 0.195 e. The second-order valence-electron chi connectivity index (χ2n) is 3.76. The number of aryl methyl sites for hydroxylation is 1. The number of thiazole rings is 1. The van der Waals surface area contributed by atoms with Gasteiger partial charge >= 0.3 is 0 Å². The Morgan fingerprint density at radius 2 is 2.19 bits per heavy atom. The van der Waals surface area contributed by atoms with Crippen LogP contribution in [-0.4, -0.2) is 16.5 Å². The summed E-state index contributed by atoms with van der Waals surface area (Å²) in [4.78, 5) is 5.62. The molecule has 1 aromatic carbocycles. The fourth-order valence-corrected chi connectivity index (χ4v) is 3.07. The van der Waals surface area contributed by atoms with Crippen LogP contribution in [-0.2, 0) is 11.3 Å². The topological polar surface area (TPSA) is 26.5 Å². The van der Waals surface area contributed by atoms with Crippen LogP contribution in [0.2, 0.25) is 0 Å². The van der Waals surface area contributed by atoms with Crippen molar-refractivity contribution in [3.05, 3.63) is 35.7 Å². The van der Waals surface area contributed by atoms with Gasteiger partial charge in [-0.05, 0) is 19.1 Å². The first-order valence-corrected chi connectivity index (χ1v) is 5.97. The van der Waals surface area contributed by atoms with Gasteiger partial charge in [-0.1, -0.05) is 23.5 Å². The molecule has 3 rings (SSSR count). The number of rotatable bonds is 2. The van der Waals surface area contributed by atoms with Crippen molar-refractivity contribution in [2.45, 2.75) is 13.5 Å². The van der Waals surface area contributed by atoms with E-state index in [2.05, 4.69) is 33.7 Å². The number of hydrogen-bond donors (Lipinski definition) is 0. The van der Waals surface area contributed by atoms with Crippen molar-refractivity contribution in [1.82, 2.24) is 9.38 Å². The van der Waals surface area contributed by atoms with Crippen LogP contribution in [0.1, 0.15) is 11.4 Å². The fourth-order valence-electron chi connectivity index (χ4n) is 1.98. The number of hydrogen-bond acceptors (Lipinski definition) is 3. The van der Waals surface area contributed by atoms with Gasteiger partial charge in [0.15, 0.2) is 4.96 Å². The van der Waals surface area contributed by atoms with Crippen LogP contribution in [0.25, 0.3) is 15.2 Å². The highest BCUT2D eigenvalue weighted by atomic mass is 32.1. The second-order valence-corrected chi connectivity index (χ2v) is 4.77. The molecule has 0 N–H and O–H groups in total. The van der Waals surface area contributed by atoms with E-state index < -0.39 is 0 Å². The molecule has 0 aliphatic heterocycles. The van der Waals surface area contributed by atoms with Gasteiger partial charge in [-0.3, -0.25) is 4.40 Å². The summed E-state index contributed by atoms with van der Waals surface area (Å²) in [5.74, 6) is 0. The monoisotopic (exact) mass is 232 g/mol. The van der Waals surface area contributed by atoms with Gasteiger partial charge in [-0.25, -0.2) is 4.98 Å². The van der Waals surface area contributed by atoms with Crippen molar-refractivity contribution >= 4 is 26.5 Å². The zero-order valence-corrected chi connectivity index (χ0v) is 10.0. The molecule has 16 heavy (non-hydrogen) atoms. The Hall–Kier alpha value is -1.39. The van der Waals surface area contributed by atoms with Crippen LogP contribution in [0.5, 0.6) is 0 Å². The highest BCUT2D eigenvalue weighted by Gasteiger charge is 2.13. The molecular weight excluding hydrogens is 220 g/mol. The predicted octanol–water partition coefficient (Wildman–Crippen LogP) is 3.00. The van der Waals surface area contributed by atoms with Gasteiger partial charge in [0.2, 0.25) is 0 Å². The Morgan fingerprint density at radius 3 is 3.00 bits per heavy atom. The van der Waals surface area contributed by atoms with Crippen LogP contribution < -0.4 is 0 Å². The fraction of sp³-hybridized carbons (Fsp3) is 0.250. The van der Waals surface area contributed by atoms with E-state index in [9.17, 15) is 0 Å². The second kappa shape index (κ2) is 3.57. The summed E-state index contributed by atoms with van der Waals surface area (Å²) >= 11 is 1.72. The lowest BCUT2D eigenvalue weighted by molar-refractivity contribution is 0.180. The number of nitrogens with zero attached hydrogens (tertiary/aromatic N) is 2. The highest BCUT2D eigenvalue weighted by molar-refractivity contribution is 7.23. The normalized spacial score (nSPS) is 11.6. The lowest BCUT2D eigenvalue weighted by atomic mass is 10.3. The molecule has 2 aromatic heterocycles. The molecule has 0 aliphatic rings. The Labute approximate surface area is 97.3 Å². The van der Waals surface area contributed by atoms with Gasteiger partial charge in [0.25, 0.3) is 0 Å². The van der Waals surface area contributed by atoms with Crippen molar-refractivity contribution in [3.8, 4) is 0 Å². The van der Waals surface area contributed by atoms with Crippen LogP contribution in [0.3, 0.4) is 0 Å². The van der Waals surface area contributed by atoms with E-state index in [1.54, 1.807) is 18.4 Å². The van der Waals surface area contributed by atoms with Gasteiger partial charge in [0, 0.05) is 7.11 Å². The summed E-state index contributed by atoms with van der Waals surface area (Å²) in [5, 5.41) is 0. The van der Waals surface area contributed by atoms with E-state index in [0.29, 0.717) is 6.61 Å². The number of fused-ring (bicyclic) bond motifs is 3. The molecule has 2 heterocycles. The van der Waals surface area contributed by atoms with Gasteiger partial charge < -0.3 is 4.74 Å². The number of imidazole rings is 1. The molecule has 0 amide bonds. The molecule has 0 aliphatic carbocycles. The number of aromatic nitrogens is 2. The molecule has 0 fully saturated rings. The number of benzene rings is 1. The quantitative estimate of drug-likeness (QED) is 0.679. The summed E-state index contributed by atoms with van der Waals surface area (Å²) in [7, 11) is 1.72. The largest absolute Gasteiger partial charge is 0.378 e. The first kappa shape index (κ1) is 9.81. The number of para-hydroxylation sites is 1. The predicted molar refractivity (Wildman–Crippen MR) is 66.0 cm³/mol. The van der Waals surface area contributed by atoms with Gasteiger partial charge in [0.05, 0.1) is 28.2 Å². The zero-order valence-electron chi connectivity index (χ0n) is 9.23. The Bertz CT molecular complexity index is 653. The minimum Gasteiger partial charge on any atom is -0.378 e. The highest BCUT2D eigenvalue weighted by Crippen LogP contribution is 2.28. The summed E-state index contributed by atoms with van der Waals surface area (Å²) in [5.41, 5.74) is 3.42.